The molecule has 9 heteroatoms. The highest BCUT2D eigenvalue weighted by Gasteiger charge is 2.36. The number of nitrogens with zero attached hydrogens (tertiary/aromatic N) is 2. The Labute approximate surface area is 154 Å². The van der Waals surface area contributed by atoms with Crippen LogP contribution in [0.25, 0.3) is 0 Å². The van der Waals surface area contributed by atoms with Gasteiger partial charge in [-0.15, -0.1) is 0 Å². The van der Waals surface area contributed by atoms with Crippen molar-refractivity contribution in [2.75, 3.05) is 31.1 Å². The Morgan fingerprint density at radius 2 is 1.58 bits per heavy atom. The highest BCUT2D eigenvalue weighted by Crippen LogP contribution is 2.37. The van der Waals surface area contributed by atoms with E-state index in [0.29, 0.717) is 5.02 Å². The zero-order valence-corrected chi connectivity index (χ0v) is 15.2. The van der Waals surface area contributed by atoms with E-state index < -0.39 is 21.8 Å². The Balaban J connectivity index is 1.78. The van der Waals surface area contributed by atoms with Gasteiger partial charge in [-0.3, -0.25) is 0 Å². The van der Waals surface area contributed by atoms with Crippen LogP contribution in [0.15, 0.2) is 53.4 Å². The number of alkyl halides is 3. The molecule has 0 amide bonds. The largest absolute Gasteiger partial charge is 0.418 e. The number of benzene rings is 2. The van der Waals surface area contributed by atoms with Gasteiger partial charge in [-0.1, -0.05) is 29.8 Å². The minimum Gasteiger partial charge on any atom is -0.368 e. The van der Waals surface area contributed by atoms with Crippen molar-refractivity contribution in [3.05, 3.63) is 59.1 Å². The van der Waals surface area contributed by atoms with Gasteiger partial charge in [0.1, 0.15) is 0 Å². The molecule has 26 heavy (non-hydrogen) atoms. The van der Waals surface area contributed by atoms with Crippen LogP contribution in [0.1, 0.15) is 5.56 Å². The molecule has 0 aromatic heterocycles. The molecule has 0 radical (unpaired) electrons. The molecule has 0 saturated carbocycles. The number of hydrogen-bond acceptors (Lipinski definition) is 3. The molecule has 0 N–H and O–H groups in total. The first-order valence-electron chi connectivity index (χ1n) is 7.86. The molecule has 2 aromatic rings. The number of rotatable bonds is 3. The Kier molecular flexibility index (Phi) is 5.18. The summed E-state index contributed by atoms with van der Waals surface area (Å²) in [6.45, 7) is 0.544. The van der Waals surface area contributed by atoms with Gasteiger partial charge in [0.05, 0.1) is 10.5 Å². The van der Waals surface area contributed by atoms with Crippen molar-refractivity contribution in [2.45, 2.75) is 11.1 Å². The summed E-state index contributed by atoms with van der Waals surface area (Å²) in [5.41, 5.74) is -0.647. The summed E-state index contributed by atoms with van der Waals surface area (Å²) in [6, 6.07) is 11.3. The Morgan fingerprint density at radius 3 is 2.19 bits per heavy atom. The van der Waals surface area contributed by atoms with Crippen LogP contribution in [0.5, 0.6) is 0 Å². The van der Waals surface area contributed by atoms with Crippen molar-refractivity contribution in [3.8, 4) is 0 Å². The maximum atomic E-state index is 13.2. The van der Waals surface area contributed by atoms with E-state index in [1.54, 1.807) is 23.1 Å². The standard InChI is InChI=1S/C17H16ClF3N2O2S/c18-13-4-3-5-14(12-13)26(24,25)23-10-8-22(9-11-23)16-7-2-1-6-15(16)17(19,20)21/h1-7,12H,8-11H2. The second kappa shape index (κ2) is 7.09. The summed E-state index contributed by atoms with van der Waals surface area (Å²) < 4.78 is 66.2. The molecule has 1 fully saturated rings. The van der Waals surface area contributed by atoms with Crippen LogP contribution in [-0.2, 0) is 16.2 Å². The summed E-state index contributed by atoms with van der Waals surface area (Å²) in [5.74, 6) is 0. The van der Waals surface area contributed by atoms with Gasteiger partial charge >= 0.3 is 6.18 Å². The zero-order chi connectivity index (χ0) is 18.9. The summed E-state index contributed by atoms with van der Waals surface area (Å²) in [4.78, 5) is 1.64. The van der Waals surface area contributed by atoms with Gasteiger partial charge in [0.2, 0.25) is 10.0 Å². The minimum atomic E-state index is -4.46. The van der Waals surface area contributed by atoms with Crippen LogP contribution < -0.4 is 4.90 Å². The van der Waals surface area contributed by atoms with Crippen molar-refractivity contribution < 1.29 is 21.6 Å². The lowest BCUT2D eigenvalue weighted by Crippen LogP contribution is -2.49. The van der Waals surface area contributed by atoms with Gasteiger partial charge < -0.3 is 4.90 Å². The van der Waals surface area contributed by atoms with Crippen molar-refractivity contribution in [1.29, 1.82) is 0 Å². The van der Waals surface area contributed by atoms with Gasteiger partial charge in [0.25, 0.3) is 0 Å². The molecule has 1 saturated heterocycles. The molecule has 0 spiro atoms. The molecule has 1 heterocycles. The Morgan fingerprint density at radius 1 is 0.923 bits per heavy atom. The van der Waals surface area contributed by atoms with Crippen LogP contribution in [0.4, 0.5) is 18.9 Å². The topological polar surface area (TPSA) is 40.6 Å². The van der Waals surface area contributed by atoms with Crippen molar-refractivity contribution in [1.82, 2.24) is 4.31 Å². The van der Waals surface area contributed by atoms with Crippen LogP contribution >= 0.6 is 11.6 Å². The lowest BCUT2D eigenvalue weighted by atomic mass is 10.1. The number of halogens is 4. The maximum Gasteiger partial charge on any atom is 0.418 e. The highest BCUT2D eigenvalue weighted by atomic mass is 35.5. The first kappa shape index (κ1) is 19.0. The monoisotopic (exact) mass is 404 g/mol. The lowest BCUT2D eigenvalue weighted by molar-refractivity contribution is -0.137. The SMILES string of the molecule is O=S(=O)(c1cccc(Cl)c1)N1CCN(c2ccccc2C(F)(F)F)CC1. The van der Waals surface area contributed by atoms with E-state index in [1.807, 2.05) is 0 Å². The van der Waals surface area contributed by atoms with Gasteiger partial charge in [0.15, 0.2) is 0 Å². The maximum absolute atomic E-state index is 13.2. The quantitative estimate of drug-likeness (QED) is 0.779. The Bertz CT molecular complexity index is 895. The molecule has 4 nitrogen and oxygen atoms in total. The fourth-order valence-electron chi connectivity index (χ4n) is 2.93. The van der Waals surface area contributed by atoms with Crippen molar-refractivity contribution in [3.63, 3.8) is 0 Å². The predicted octanol–water partition coefficient (Wildman–Crippen LogP) is 3.87. The summed E-state index contributed by atoms with van der Waals surface area (Å²) >= 11 is 5.86. The second-order valence-corrected chi connectivity index (χ2v) is 8.24. The average Bonchev–Trinajstić information content (AvgIpc) is 2.61. The van der Waals surface area contributed by atoms with E-state index in [-0.39, 0.29) is 36.8 Å². The van der Waals surface area contributed by atoms with E-state index in [2.05, 4.69) is 0 Å². The molecule has 0 unspecified atom stereocenters. The number of para-hydroxylation sites is 1. The van der Waals surface area contributed by atoms with Gasteiger partial charge in [-0.05, 0) is 30.3 Å². The molecule has 1 aliphatic heterocycles. The average molecular weight is 405 g/mol. The number of anilines is 1. The van der Waals surface area contributed by atoms with E-state index in [1.165, 1.54) is 28.6 Å². The molecule has 1 aliphatic rings. The van der Waals surface area contributed by atoms with E-state index in [0.717, 1.165) is 6.07 Å². The number of hydrogen-bond donors (Lipinski definition) is 0. The molecule has 3 rings (SSSR count). The number of piperazine rings is 1. The molecule has 140 valence electrons. The van der Waals surface area contributed by atoms with E-state index in [9.17, 15) is 21.6 Å². The zero-order valence-electron chi connectivity index (χ0n) is 13.6. The van der Waals surface area contributed by atoms with Crippen molar-refractivity contribution >= 4 is 27.3 Å². The Hall–Kier alpha value is -1.77. The third-order valence-corrected chi connectivity index (χ3v) is 6.35. The summed E-state index contributed by atoms with van der Waals surface area (Å²) in [7, 11) is -3.73. The van der Waals surface area contributed by atoms with Crippen LogP contribution in [0.3, 0.4) is 0 Å². The number of sulfonamides is 1. The van der Waals surface area contributed by atoms with E-state index in [4.69, 9.17) is 11.6 Å². The summed E-state index contributed by atoms with van der Waals surface area (Å²) in [5, 5.41) is 0.309. The molecular formula is C17H16ClF3N2O2S. The first-order valence-corrected chi connectivity index (χ1v) is 9.68. The normalized spacial score (nSPS) is 16.7. The van der Waals surface area contributed by atoms with Gasteiger partial charge in [-0.2, -0.15) is 17.5 Å². The first-order chi connectivity index (χ1) is 12.2. The van der Waals surface area contributed by atoms with Crippen LogP contribution in [-0.4, -0.2) is 38.9 Å². The molecule has 0 atom stereocenters. The molecule has 0 bridgehead atoms. The lowest BCUT2D eigenvalue weighted by Gasteiger charge is -2.36. The van der Waals surface area contributed by atoms with Gasteiger partial charge in [0, 0.05) is 36.9 Å². The fraction of sp³-hybridized carbons (Fsp3) is 0.294. The van der Waals surface area contributed by atoms with Crippen LogP contribution in [0, 0.1) is 0 Å². The molecule has 2 aromatic carbocycles. The third kappa shape index (κ3) is 3.82. The van der Waals surface area contributed by atoms with Crippen LogP contribution in [0.2, 0.25) is 5.02 Å². The fourth-order valence-corrected chi connectivity index (χ4v) is 4.66. The minimum absolute atomic E-state index is 0.0693. The predicted molar refractivity (Wildman–Crippen MR) is 93.9 cm³/mol. The van der Waals surface area contributed by atoms with E-state index >= 15 is 0 Å². The second-order valence-electron chi connectivity index (χ2n) is 5.86. The van der Waals surface area contributed by atoms with Crippen molar-refractivity contribution in [2.24, 2.45) is 0 Å². The van der Waals surface area contributed by atoms with Gasteiger partial charge in [-0.25, -0.2) is 8.42 Å². The molecule has 0 aliphatic carbocycles. The summed E-state index contributed by atoms with van der Waals surface area (Å²) in [6.07, 6.45) is -4.46. The smallest absolute Gasteiger partial charge is 0.368 e. The highest BCUT2D eigenvalue weighted by molar-refractivity contribution is 7.89. The third-order valence-electron chi connectivity index (χ3n) is 4.22. The molecular weight excluding hydrogens is 389 g/mol.